The third-order valence-corrected chi connectivity index (χ3v) is 3.63. The number of nitrogens with zero attached hydrogens (tertiary/aromatic N) is 1. The van der Waals surface area contributed by atoms with Crippen molar-refractivity contribution in [1.29, 1.82) is 0 Å². The minimum atomic E-state index is 0.706. The summed E-state index contributed by atoms with van der Waals surface area (Å²) in [7, 11) is 3.34. The van der Waals surface area contributed by atoms with Gasteiger partial charge in [-0.15, -0.1) is 0 Å². The Morgan fingerprint density at radius 2 is 1.86 bits per heavy atom. The molecule has 0 saturated heterocycles. The van der Waals surface area contributed by atoms with Crippen LogP contribution in [0.1, 0.15) is 5.56 Å². The summed E-state index contributed by atoms with van der Waals surface area (Å²) < 4.78 is 12.8. The molecule has 0 radical (unpaired) electrons. The highest BCUT2D eigenvalue weighted by atomic mass is 16.5. The van der Waals surface area contributed by atoms with Gasteiger partial charge in [0.1, 0.15) is 11.5 Å². The molecule has 4 nitrogen and oxygen atoms in total. The highest BCUT2D eigenvalue weighted by Crippen LogP contribution is 2.26. The summed E-state index contributed by atoms with van der Waals surface area (Å²) in [5.41, 5.74) is 8.76. The third-order valence-electron chi connectivity index (χ3n) is 3.63. The van der Waals surface area contributed by atoms with E-state index in [2.05, 4.69) is 22.9 Å². The summed E-state index contributed by atoms with van der Waals surface area (Å²) in [6, 6.07) is 13.9. The molecule has 0 aliphatic carbocycles. The first kappa shape index (κ1) is 13.4. The van der Waals surface area contributed by atoms with Gasteiger partial charge >= 0.3 is 0 Å². The van der Waals surface area contributed by atoms with Gasteiger partial charge in [-0.3, -0.25) is 0 Å². The van der Waals surface area contributed by atoms with Crippen LogP contribution >= 0.6 is 0 Å². The number of aromatic nitrogens is 1. The van der Waals surface area contributed by atoms with Gasteiger partial charge in [-0.25, -0.2) is 0 Å². The molecule has 108 valence electrons. The van der Waals surface area contributed by atoms with E-state index in [1.807, 2.05) is 30.3 Å². The number of fused-ring (bicyclic) bond motifs is 1. The van der Waals surface area contributed by atoms with E-state index < -0.39 is 0 Å². The van der Waals surface area contributed by atoms with E-state index in [-0.39, 0.29) is 0 Å². The van der Waals surface area contributed by atoms with Crippen LogP contribution in [0, 0.1) is 0 Å². The van der Waals surface area contributed by atoms with Gasteiger partial charge in [0.25, 0.3) is 0 Å². The summed E-state index contributed by atoms with van der Waals surface area (Å²) >= 11 is 0. The smallest absolute Gasteiger partial charge is 0.125 e. The molecule has 3 aromatic rings. The number of anilines is 1. The molecule has 2 aromatic carbocycles. The van der Waals surface area contributed by atoms with Crippen molar-refractivity contribution in [2.75, 3.05) is 20.0 Å². The van der Waals surface area contributed by atoms with E-state index in [9.17, 15) is 0 Å². The van der Waals surface area contributed by atoms with Crippen LogP contribution < -0.4 is 15.2 Å². The van der Waals surface area contributed by atoms with Crippen molar-refractivity contribution in [1.82, 2.24) is 4.57 Å². The van der Waals surface area contributed by atoms with Crippen LogP contribution in [-0.2, 0) is 6.54 Å². The van der Waals surface area contributed by atoms with E-state index >= 15 is 0 Å². The number of rotatable bonds is 4. The Balaban J connectivity index is 1.98. The van der Waals surface area contributed by atoms with Crippen molar-refractivity contribution >= 4 is 16.6 Å². The molecule has 1 heterocycles. The third kappa shape index (κ3) is 2.52. The highest BCUT2D eigenvalue weighted by Gasteiger charge is 2.07. The van der Waals surface area contributed by atoms with Crippen molar-refractivity contribution < 1.29 is 9.47 Å². The first-order valence-electron chi connectivity index (χ1n) is 6.76. The van der Waals surface area contributed by atoms with Gasteiger partial charge in [0.15, 0.2) is 0 Å². The quantitative estimate of drug-likeness (QED) is 0.747. The van der Waals surface area contributed by atoms with Crippen LogP contribution in [0.2, 0.25) is 0 Å². The van der Waals surface area contributed by atoms with E-state index in [1.165, 1.54) is 0 Å². The lowest BCUT2D eigenvalue weighted by molar-refractivity contribution is 0.409. The fourth-order valence-corrected chi connectivity index (χ4v) is 2.52. The lowest BCUT2D eigenvalue weighted by Gasteiger charge is -2.11. The van der Waals surface area contributed by atoms with Gasteiger partial charge in [-0.1, -0.05) is 6.07 Å². The van der Waals surface area contributed by atoms with Gasteiger partial charge in [-0.2, -0.15) is 0 Å². The molecular formula is C17H18N2O2. The molecular weight excluding hydrogens is 264 g/mol. The fourth-order valence-electron chi connectivity index (χ4n) is 2.52. The molecule has 0 bridgehead atoms. The average molecular weight is 282 g/mol. The van der Waals surface area contributed by atoms with Gasteiger partial charge in [0, 0.05) is 34.4 Å². The molecule has 0 spiro atoms. The van der Waals surface area contributed by atoms with Crippen molar-refractivity contribution in [2.45, 2.75) is 6.54 Å². The van der Waals surface area contributed by atoms with Crippen molar-refractivity contribution in [3.05, 3.63) is 54.2 Å². The lowest BCUT2D eigenvalue weighted by Crippen LogP contribution is -2.01. The molecule has 0 saturated carbocycles. The summed E-state index contributed by atoms with van der Waals surface area (Å²) in [5.74, 6) is 1.68. The first-order valence-corrected chi connectivity index (χ1v) is 6.76. The maximum absolute atomic E-state index is 5.80. The second-order valence-corrected chi connectivity index (χ2v) is 4.94. The summed E-state index contributed by atoms with van der Waals surface area (Å²) in [4.78, 5) is 0. The SMILES string of the molecule is COc1ccc2c(ccn2Cc2ccc(N)cc2OC)c1. The van der Waals surface area contributed by atoms with Crippen molar-refractivity contribution in [3.63, 3.8) is 0 Å². The zero-order chi connectivity index (χ0) is 14.8. The summed E-state index contributed by atoms with van der Waals surface area (Å²) in [5, 5.41) is 1.16. The molecule has 21 heavy (non-hydrogen) atoms. The molecule has 2 N–H and O–H groups in total. The molecule has 0 atom stereocenters. The number of ether oxygens (including phenoxy) is 2. The predicted molar refractivity (Wildman–Crippen MR) is 85.0 cm³/mol. The van der Waals surface area contributed by atoms with Gasteiger partial charge in [-0.05, 0) is 30.3 Å². The minimum Gasteiger partial charge on any atom is -0.497 e. The summed E-state index contributed by atoms with van der Waals surface area (Å²) in [6.07, 6.45) is 2.07. The van der Waals surface area contributed by atoms with Crippen molar-refractivity contribution in [3.8, 4) is 11.5 Å². The lowest BCUT2D eigenvalue weighted by atomic mass is 10.1. The second kappa shape index (κ2) is 5.40. The van der Waals surface area contributed by atoms with Crippen LogP contribution in [0.3, 0.4) is 0 Å². The maximum Gasteiger partial charge on any atom is 0.125 e. The fraction of sp³-hybridized carbons (Fsp3) is 0.176. The van der Waals surface area contributed by atoms with Gasteiger partial charge in [0.2, 0.25) is 0 Å². The average Bonchev–Trinajstić information content (AvgIpc) is 2.91. The normalized spacial score (nSPS) is 10.8. The number of benzene rings is 2. The molecule has 0 unspecified atom stereocenters. The second-order valence-electron chi connectivity index (χ2n) is 4.94. The Hall–Kier alpha value is -2.62. The van der Waals surface area contributed by atoms with Crippen LogP contribution in [0.15, 0.2) is 48.7 Å². The Morgan fingerprint density at radius 3 is 2.62 bits per heavy atom. The van der Waals surface area contributed by atoms with Crippen LogP contribution in [0.25, 0.3) is 10.9 Å². The number of methoxy groups -OCH3 is 2. The largest absolute Gasteiger partial charge is 0.497 e. The monoisotopic (exact) mass is 282 g/mol. The first-order chi connectivity index (χ1) is 10.2. The Labute approximate surface area is 123 Å². The van der Waals surface area contributed by atoms with Gasteiger partial charge in [0.05, 0.1) is 20.8 Å². The Kier molecular flexibility index (Phi) is 3.44. The topological polar surface area (TPSA) is 49.4 Å². The van der Waals surface area contributed by atoms with Gasteiger partial charge < -0.3 is 19.8 Å². The zero-order valence-electron chi connectivity index (χ0n) is 12.2. The van der Waals surface area contributed by atoms with Crippen LogP contribution in [-0.4, -0.2) is 18.8 Å². The molecule has 0 aliphatic rings. The van der Waals surface area contributed by atoms with E-state index in [0.717, 1.165) is 34.5 Å². The van der Waals surface area contributed by atoms with Crippen LogP contribution in [0.5, 0.6) is 11.5 Å². The Morgan fingerprint density at radius 1 is 1.00 bits per heavy atom. The maximum atomic E-state index is 5.80. The summed E-state index contributed by atoms with van der Waals surface area (Å²) in [6.45, 7) is 0.735. The molecule has 0 amide bonds. The molecule has 4 heteroatoms. The highest BCUT2D eigenvalue weighted by molar-refractivity contribution is 5.81. The minimum absolute atomic E-state index is 0.706. The molecule has 3 rings (SSSR count). The van der Waals surface area contributed by atoms with E-state index in [4.69, 9.17) is 15.2 Å². The standard InChI is InChI=1S/C17H18N2O2/c1-20-15-5-6-16-12(9-15)7-8-19(16)11-13-3-4-14(18)10-17(13)21-2/h3-10H,11,18H2,1-2H3. The van der Waals surface area contributed by atoms with E-state index in [0.29, 0.717) is 5.69 Å². The number of hydrogen-bond donors (Lipinski definition) is 1. The molecule has 0 fully saturated rings. The van der Waals surface area contributed by atoms with Crippen LogP contribution in [0.4, 0.5) is 5.69 Å². The number of nitrogens with two attached hydrogens (primary N) is 1. The predicted octanol–water partition coefficient (Wildman–Crippen LogP) is 3.29. The number of nitrogen functional groups attached to an aromatic ring is 1. The van der Waals surface area contributed by atoms with E-state index in [1.54, 1.807) is 14.2 Å². The van der Waals surface area contributed by atoms with Crippen molar-refractivity contribution in [2.24, 2.45) is 0 Å². The number of hydrogen-bond acceptors (Lipinski definition) is 3. The molecule has 1 aromatic heterocycles. The Bertz CT molecular complexity index is 778. The zero-order valence-corrected chi connectivity index (χ0v) is 12.2. The molecule has 0 aliphatic heterocycles.